The van der Waals surface area contributed by atoms with Crippen molar-refractivity contribution in [2.75, 3.05) is 20.2 Å². The zero-order valence-corrected chi connectivity index (χ0v) is 12.9. The smallest absolute Gasteiger partial charge is 0.262 e. The first kappa shape index (κ1) is 15.3. The SMILES string of the molecule is COC1CCN(C(=O)c2cc(C)ccc2S(=O)(=O)Cl)C1. The molecule has 0 aromatic heterocycles. The number of carbonyl (C=O) groups is 1. The van der Waals surface area contributed by atoms with Crippen LogP contribution in [0.3, 0.4) is 0 Å². The van der Waals surface area contributed by atoms with Gasteiger partial charge in [0.25, 0.3) is 15.0 Å². The molecule has 2 rings (SSSR count). The van der Waals surface area contributed by atoms with Crippen LogP contribution in [0.15, 0.2) is 23.1 Å². The fourth-order valence-corrected chi connectivity index (χ4v) is 3.34. The van der Waals surface area contributed by atoms with Crippen molar-refractivity contribution in [3.8, 4) is 0 Å². The standard InChI is InChI=1S/C13H16ClNO4S/c1-9-3-4-12(20(14,17)18)11(7-9)13(16)15-6-5-10(8-15)19-2/h3-4,7,10H,5-6,8H2,1-2H3. The van der Waals surface area contributed by atoms with E-state index in [4.69, 9.17) is 15.4 Å². The molecular formula is C13H16ClNO4S. The van der Waals surface area contributed by atoms with Crippen LogP contribution in [0.2, 0.25) is 0 Å². The van der Waals surface area contributed by atoms with Gasteiger partial charge in [0.15, 0.2) is 0 Å². The van der Waals surface area contributed by atoms with E-state index in [1.54, 1.807) is 31.1 Å². The van der Waals surface area contributed by atoms with E-state index in [0.717, 1.165) is 12.0 Å². The van der Waals surface area contributed by atoms with E-state index in [0.29, 0.717) is 13.1 Å². The molecule has 0 spiro atoms. The van der Waals surface area contributed by atoms with Gasteiger partial charge in [-0.25, -0.2) is 8.42 Å². The Morgan fingerprint density at radius 2 is 2.15 bits per heavy atom. The number of halogens is 1. The predicted octanol–water partition coefficient (Wildman–Crippen LogP) is 1.78. The minimum Gasteiger partial charge on any atom is -0.380 e. The minimum atomic E-state index is -3.95. The summed E-state index contributed by atoms with van der Waals surface area (Å²) in [7, 11) is 3.05. The Bertz CT molecular complexity index is 629. The van der Waals surface area contributed by atoms with Gasteiger partial charge in [-0.1, -0.05) is 11.6 Å². The van der Waals surface area contributed by atoms with Gasteiger partial charge >= 0.3 is 0 Å². The van der Waals surface area contributed by atoms with E-state index >= 15 is 0 Å². The molecule has 1 heterocycles. The maximum absolute atomic E-state index is 12.5. The highest BCUT2D eigenvalue weighted by Gasteiger charge is 2.30. The van der Waals surface area contributed by atoms with E-state index < -0.39 is 9.05 Å². The summed E-state index contributed by atoms with van der Waals surface area (Å²) >= 11 is 0. The normalized spacial score (nSPS) is 19.4. The molecule has 110 valence electrons. The second kappa shape index (κ2) is 5.71. The average molecular weight is 318 g/mol. The number of amides is 1. The van der Waals surface area contributed by atoms with Gasteiger partial charge in [0, 0.05) is 30.9 Å². The third-order valence-corrected chi connectivity index (χ3v) is 4.77. The number of carbonyl (C=O) groups excluding carboxylic acids is 1. The van der Waals surface area contributed by atoms with Crippen LogP contribution in [0.4, 0.5) is 0 Å². The largest absolute Gasteiger partial charge is 0.380 e. The molecule has 0 saturated carbocycles. The number of hydrogen-bond acceptors (Lipinski definition) is 4. The Morgan fingerprint density at radius 3 is 2.70 bits per heavy atom. The fraction of sp³-hybridized carbons (Fsp3) is 0.462. The second-order valence-electron chi connectivity index (χ2n) is 4.84. The topological polar surface area (TPSA) is 63.7 Å². The monoisotopic (exact) mass is 317 g/mol. The number of hydrogen-bond donors (Lipinski definition) is 0. The second-order valence-corrected chi connectivity index (χ2v) is 7.37. The molecule has 1 aliphatic heterocycles. The Labute approximate surface area is 122 Å². The first-order valence-corrected chi connectivity index (χ1v) is 8.51. The molecule has 0 bridgehead atoms. The van der Waals surface area contributed by atoms with Crippen LogP contribution in [-0.4, -0.2) is 45.5 Å². The number of methoxy groups -OCH3 is 1. The van der Waals surface area contributed by atoms with Crippen LogP contribution in [0, 0.1) is 6.92 Å². The minimum absolute atomic E-state index is 0.000169. The molecule has 1 fully saturated rings. The van der Waals surface area contributed by atoms with Gasteiger partial charge in [-0.15, -0.1) is 0 Å². The van der Waals surface area contributed by atoms with Crippen LogP contribution in [-0.2, 0) is 13.8 Å². The van der Waals surface area contributed by atoms with E-state index in [2.05, 4.69) is 0 Å². The van der Waals surface area contributed by atoms with E-state index in [1.165, 1.54) is 6.07 Å². The fourth-order valence-electron chi connectivity index (χ4n) is 2.30. The summed E-state index contributed by atoms with van der Waals surface area (Å²) in [6.07, 6.45) is 0.747. The molecule has 20 heavy (non-hydrogen) atoms. The molecule has 0 N–H and O–H groups in total. The lowest BCUT2D eigenvalue weighted by molar-refractivity contribution is 0.0720. The Kier molecular flexibility index (Phi) is 4.36. The van der Waals surface area contributed by atoms with Crippen molar-refractivity contribution >= 4 is 25.6 Å². The molecule has 1 aromatic carbocycles. The first-order valence-electron chi connectivity index (χ1n) is 6.20. The van der Waals surface area contributed by atoms with Gasteiger partial charge in [0.1, 0.15) is 0 Å². The summed E-state index contributed by atoms with van der Waals surface area (Å²) in [5.74, 6) is -0.326. The third-order valence-electron chi connectivity index (χ3n) is 3.39. The summed E-state index contributed by atoms with van der Waals surface area (Å²) in [5, 5.41) is 0. The van der Waals surface area contributed by atoms with Crippen LogP contribution in [0.25, 0.3) is 0 Å². The van der Waals surface area contributed by atoms with Crippen LogP contribution < -0.4 is 0 Å². The van der Waals surface area contributed by atoms with Crippen molar-refractivity contribution in [1.82, 2.24) is 4.90 Å². The molecule has 0 aliphatic carbocycles. The number of likely N-dealkylation sites (tertiary alicyclic amines) is 1. The van der Waals surface area contributed by atoms with E-state index in [-0.39, 0.29) is 22.5 Å². The lowest BCUT2D eigenvalue weighted by atomic mass is 10.1. The highest BCUT2D eigenvalue weighted by molar-refractivity contribution is 8.13. The van der Waals surface area contributed by atoms with Gasteiger partial charge in [-0.2, -0.15) is 0 Å². The van der Waals surface area contributed by atoms with Crippen molar-refractivity contribution in [3.05, 3.63) is 29.3 Å². The summed E-state index contributed by atoms with van der Waals surface area (Å²) in [5.41, 5.74) is 0.927. The van der Waals surface area contributed by atoms with Crippen LogP contribution >= 0.6 is 10.7 Å². The van der Waals surface area contributed by atoms with Crippen molar-refractivity contribution in [2.45, 2.75) is 24.3 Å². The first-order chi connectivity index (χ1) is 9.32. The molecule has 1 unspecified atom stereocenters. The molecule has 1 aliphatic rings. The quantitative estimate of drug-likeness (QED) is 0.797. The number of ether oxygens (including phenoxy) is 1. The Hall–Kier alpha value is -1.11. The highest BCUT2D eigenvalue weighted by Crippen LogP contribution is 2.24. The average Bonchev–Trinajstić information content (AvgIpc) is 2.85. The molecule has 7 heteroatoms. The lowest BCUT2D eigenvalue weighted by Crippen LogP contribution is -2.30. The Balaban J connectivity index is 2.37. The molecule has 0 radical (unpaired) electrons. The number of nitrogens with zero attached hydrogens (tertiary/aromatic N) is 1. The van der Waals surface area contributed by atoms with Crippen LogP contribution in [0.1, 0.15) is 22.3 Å². The predicted molar refractivity (Wildman–Crippen MR) is 75.5 cm³/mol. The number of benzene rings is 1. The molecular weight excluding hydrogens is 302 g/mol. The molecule has 1 amide bonds. The van der Waals surface area contributed by atoms with Gasteiger partial charge < -0.3 is 9.64 Å². The van der Waals surface area contributed by atoms with E-state index in [1.807, 2.05) is 0 Å². The number of aryl methyl sites for hydroxylation is 1. The molecule has 1 saturated heterocycles. The maximum Gasteiger partial charge on any atom is 0.262 e. The zero-order valence-electron chi connectivity index (χ0n) is 11.3. The van der Waals surface area contributed by atoms with Gasteiger partial charge in [0.2, 0.25) is 0 Å². The maximum atomic E-state index is 12.5. The molecule has 1 aromatic rings. The van der Waals surface area contributed by atoms with Crippen molar-refractivity contribution in [2.24, 2.45) is 0 Å². The van der Waals surface area contributed by atoms with Crippen LogP contribution in [0.5, 0.6) is 0 Å². The summed E-state index contributed by atoms with van der Waals surface area (Å²) in [6.45, 7) is 2.81. The summed E-state index contributed by atoms with van der Waals surface area (Å²) in [6, 6.07) is 4.54. The van der Waals surface area contributed by atoms with Gasteiger partial charge in [-0.05, 0) is 25.5 Å². The van der Waals surface area contributed by atoms with Crippen molar-refractivity contribution in [3.63, 3.8) is 0 Å². The van der Waals surface area contributed by atoms with Crippen molar-refractivity contribution in [1.29, 1.82) is 0 Å². The lowest BCUT2D eigenvalue weighted by Gasteiger charge is -2.18. The van der Waals surface area contributed by atoms with Gasteiger partial charge in [0.05, 0.1) is 16.6 Å². The van der Waals surface area contributed by atoms with E-state index in [9.17, 15) is 13.2 Å². The van der Waals surface area contributed by atoms with Gasteiger partial charge in [-0.3, -0.25) is 4.79 Å². The third kappa shape index (κ3) is 3.13. The highest BCUT2D eigenvalue weighted by atomic mass is 35.7. The molecule has 5 nitrogen and oxygen atoms in total. The summed E-state index contributed by atoms with van der Waals surface area (Å²) < 4.78 is 28.4. The Morgan fingerprint density at radius 1 is 1.45 bits per heavy atom. The summed E-state index contributed by atoms with van der Waals surface area (Å²) in [4.78, 5) is 13.9. The number of rotatable bonds is 3. The van der Waals surface area contributed by atoms with Crippen molar-refractivity contribution < 1.29 is 17.9 Å². The molecule has 1 atom stereocenters. The zero-order chi connectivity index (χ0) is 14.9.